The van der Waals surface area contributed by atoms with Crippen LogP contribution in [0.3, 0.4) is 0 Å². The fraction of sp³-hybridized carbons (Fsp3) is 0.333. The number of ether oxygens (including phenoxy) is 2. The number of rotatable bonds is 7. The topological polar surface area (TPSA) is 51.1 Å². The van der Waals surface area contributed by atoms with E-state index >= 15 is 0 Å². The number of thioether (sulfide) groups is 1. The van der Waals surface area contributed by atoms with Crippen molar-refractivity contribution in [3.05, 3.63) is 63.3 Å². The monoisotopic (exact) mass is 476 g/mol. The molecule has 32 heavy (non-hydrogen) atoms. The first-order valence-electron chi connectivity index (χ1n) is 10.2. The Balaban J connectivity index is 1.87. The minimum Gasteiger partial charge on any atom is -0.493 e. The van der Waals surface area contributed by atoms with Crippen molar-refractivity contribution in [2.45, 2.75) is 46.4 Å². The molecule has 3 rings (SSSR count). The minimum absolute atomic E-state index is 0.00115. The summed E-state index contributed by atoms with van der Waals surface area (Å²) in [5.74, 6) is 0.436. The Hall–Kier alpha value is -2.51. The predicted molar refractivity (Wildman–Crippen MR) is 129 cm³/mol. The Bertz CT molecular complexity index is 1050. The number of hydrogen-bond donors (Lipinski definition) is 0. The smallest absolute Gasteiger partial charge is 0.266 e. The summed E-state index contributed by atoms with van der Waals surface area (Å²) in [6.45, 7) is 8.10. The molecule has 8 heteroatoms. The van der Waals surface area contributed by atoms with E-state index in [-0.39, 0.29) is 30.4 Å². The van der Waals surface area contributed by atoms with Crippen molar-refractivity contribution in [3.8, 4) is 11.5 Å². The molecule has 1 fully saturated rings. The van der Waals surface area contributed by atoms with Gasteiger partial charge in [-0.25, -0.2) is 4.39 Å². The zero-order valence-corrected chi connectivity index (χ0v) is 20.3. The molecule has 0 saturated carbocycles. The first kappa shape index (κ1) is 24.1. The summed E-state index contributed by atoms with van der Waals surface area (Å²) in [6, 6.07) is 9.62. The van der Waals surface area contributed by atoms with Gasteiger partial charge in [0.05, 0.1) is 17.0 Å². The zero-order valence-electron chi connectivity index (χ0n) is 18.7. The second-order valence-corrected chi connectivity index (χ2v) is 9.25. The van der Waals surface area contributed by atoms with Crippen LogP contribution in [0.1, 0.15) is 38.8 Å². The quantitative estimate of drug-likeness (QED) is 0.449. The molecule has 1 amide bonds. The van der Waals surface area contributed by atoms with Crippen LogP contribution in [0.15, 0.2) is 46.3 Å². The molecule has 5 nitrogen and oxygen atoms in total. The van der Waals surface area contributed by atoms with Crippen LogP contribution in [0.2, 0.25) is 5.02 Å². The summed E-state index contributed by atoms with van der Waals surface area (Å²) in [6.07, 6.45) is 1.78. The number of aliphatic imine (C=N–C) groups is 1. The normalized spacial score (nSPS) is 16.7. The molecule has 1 aliphatic heterocycles. The van der Waals surface area contributed by atoms with Crippen molar-refractivity contribution < 1.29 is 18.7 Å². The number of carbonyl (C=O) groups excluding carboxylic acids is 1. The van der Waals surface area contributed by atoms with Gasteiger partial charge < -0.3 is 9.47 Å². The number of nitrogens with zero attached hydrogens (tertiary/aromatic N) is 2. The number of amidine groups is 1. The number of halogens is 2. The van der Waals surface area contributed by atoms with Crippen LogP contribution in [0.5, 0.6) is 11.5 Å². The molecule has 2 aromatic carbocycles. The van der Waals surface area contributed by atoms with Gasteiger partial charge in [0, 0.05) is 12.1 Å². The third kappa shape index (κ3) is 5.64. The molecule has 0 bridgehead atoms. The molecule has 0 radical (unpaired) electrons. The van der Waals surface area contributed by atoms with Gasteiger partial charge in [-0.05, 0) is 80.9 Å². The molecule has 0 N–H and O–H groups in total. The molecule has 2 aromatic rings. The third-order valence-corrected chi connectivity index (χ3v) is 5.85. The molecule has 1 saturated heterocycles. The highest BCUT2D eigenvalue weighted by molar-refractivity contribution is 8.18. The van der Waals surface area contributed by atoms with Crippen LogP contribution in [0, 0.1) is 5.82 Å². The predicted octanol–water partition coefficient (Wildman–Crippen LogP) is 6.16. The number of benzene rings is 2. The largest absolute Gasteiger partial charge is 0.493 e. The van der Waals surface area contributed by atoms with Crippen molar-refractivity contribution in [1.82, 2.24) is 4.90 Å². The van der Waals surface area contributed by atoms with Crippen LogP contribution in [-0.4, -0.2) is 35.2 Å². The molecule has 0 atom stereocenters. The van der Waals surface area contributed by atoms with Crippen LogP contribution < -0.4 is 9.47 Å². The number of carbonyl (C=O) groups is 1. The molecule has 0 aliphatic carbocycles. The fourth-order valence-corrected chi connectivity index (χ4v) is 4.61. The lowest BCUT2D eigenvalue weighted by Crippen LogP contribution is -2.35. The van der Waals surface area contributed by atoms with E-state index in [2.05, 4.69) is 4.99 Å². The minimum atomic E-state index is -0.307. The van der Waals surface area contributed by atoms with Crippen molar-refractivity contribution in [3.63, 3.8) is 0 Å². The molecule has 0 aromatic heterocycles. The Kier molecular flexibility index (Phi) is 7.85. The van der Waals surface area contributed by atoms with Crippen LogP contribution in [0.25, 0.3) is 6.08 Å². The second kappa shape index (κ2) is 10.4. The first-order valence-corrected chi connectivity index (χ1v) is 11.4. The lowest BCUT2D eigenvalue weighted by Gasteiger charge is -2.20. The fourth-order valence-electron chi connectivity index (χ4n) is 3.10. The van der Waals surface area contributed by atoms with Gasteiger partial charge in [-0.3, -0.25) is 14.7 Å². The van der Waals surface area contributed by atoms with E-state index in [1.807, 2.05) is 27.7 Å². The molecule has 170 valence electrons. The van der Waals surface area contributed by atoms with Gasteiger partial charge in [-0.15, -0.1) is 0 Å². The number of amides is 1. The van der Waals surface area contributed by atoms with E-state index in [1.54, 1.807) is 35.2 Å². The highest BCUT2D eigenvalue weighted by Gasteiger charge is 2.35. The van der Waals surface area contributed by atoms with E-state index in [0.29, 0.717) is 32.2 Å². The van der Waals surface area contributed by atoms with Gasteiger partial charge >= 0.3 is 0 Å². The van der Waals surface area contributed by atoms with Crippen molar-refractivity contribution in [2.24, 2.45) is 4.99 Å². The second-order valence-electron chi connectivity index (χ2n) is 7.83. The van der Waals surface area contributed by atoms with E-state index in [0.717, 1.165) is 5.56 Å². The maximum atomic E-state index is 13.1. The highest BCUT2D eigenvalue weighted by Crippen LogP contribution is 2.39. The maximum absolute atomic E-state index is 13.1. The molecule has 0 spiro atoms. The van der Waals surface area contributed by atoms with Gasteiger partial charge in [0.15, 0.2) is 16.7 Å². The van der Waals surface area contributed by atoms with Gasteiger partial charge in [0.2, 0.25) is 0 Å². The van der Waals surface area contributed by atoms with Gasteiger partial charge in [0.1, 0.15) is 12.4 Å². The molecule has 0 unspecified atom stereocenters. The lowest BCUT2D eigenvalue weighted by molar-refractivity contribution is -0.123. The summed E-state index contributed by atoms with van der Waals surface area (Å²) in [5.41, 5.74) is 1.51. The van der Waals surface area contributed by atoms with E-state index in [9.17, 15) is 9.18 Å². The summed E-state index contributed by atoms with van der Waals surface area (Å²) in [7, 11) is 1.52. The van der Waals surface area contributed by atoms with Crippen LogP contribution in [-0.2, 0) is 11.4 Å². The Morgan fingerprint density at radius 1 is 1.19 bits per heavy atom. The van der Waals surface area contributed by atoms with Crippen molar-refractivity contribution in [2.75, 3.05) is 7.11 Å². The summed E-state index contributed by atoms with van der Waals surface area (Å²) < 4.78 is 24.4. The number of methoxy groups -OCH3 is 1. The molecule has 1 heterocycles. The number of hydrogen-bond acceptors (Lipinski definition) is 5. The van der Waals surface area contributed by atoms with E-state index in [4.69, 9.17) is 21.1 Å². The molecular weight excluding hydrogens is 451 g/mol. The SMILES string of the molecule is COc1cc(/C=C2/SC(=NC(C)C)N(C(C)C)C2=O)cc(Cl)c1OCc1ccc(F)cc1. The van der Waals surface area contributed by atoms with Gasteiger partial charge in [-0.2, -0.15) is 0 Å². The first-order chi connectivity index (χ1) is 15.2. The third-order valence-electron chi connectivity index (χ3n) is 4.57. The molecule has 1 aliphatic rings. The van der Waals surface area contributed by atoms with E-state index < -0.39 is 0 Å². The average Bonchev–Trinajstić information content (AvgIpc) is 3.02. The summed E-state index contributed by atoms with van der Waals surface area (Å²) in [4.78, 5) is 19.8. The Morgan fingerprint density at radius 3 is 2.47 bits per heavy atom. The van der Waals surface area contributed by atoms with Gasteiger partial charge in [0.25, 0.3) is 5.91 Å². The molecular formula is C24H26ClFN2O3S. The summed E-state index contributed by atoms with van der Waals surface area (Å²) in [5, 5.41) is 1.05. The van der Waals surface area contributed by atoms with E-state index in [1.165, 1.54) is 31.0 Å². The Labute approximate surface area is 197 Å². The zero-order chi connectivity index (χ0) is 23.4. The maximum Gasteiger partial charge on any atom is 0.266 e. The standard InChI is InChI=1S/C24H26ClFN2O3S/c1-14(2)27-24-28(15(3)4)23(29)21(32-24)12-17-10-19(25)22(20(11-17)30-5)31-13-16-6-8-18(26)9-7-16/h6-12,14-15H,13H2,1-5H3/b21-12+,27-24?. The van der Waals surface area contributed by atoms with Crippen molar-refractivity contribution >= 4 is 40.5 Å². The Morgan fingerprint density at radius 2 is 1.88 bits per heavy atom. The van der Waals surface area contributed by atoms with Crippen molar-refractivity contribution in [1.29, 1.82) is 0 Å². The summed E-state index contributed by atoms with van der Waals surface area (Å²) >= 11 is 7.84. The lowest BCUT2D eigenvalue weighted by atomic mass is 10.1. The van der Waals surface area contributed by atoms with Crippen LogP contribution >= 0.6 is 23.4 Å². The highest BCUT2D eigenvalue weighted by atomic mass is 35.5. The average molecular weight is 477 g/mol. The van der Waals surface area contributed by atoms with Crippen LogP contribution in [0.4, 0.5) is 4.39 Å². The van der Waals surface area contributed by atoms with Gasteiger partial charge in [-0.1, -0.05) is 23.7 Å².